The quantitative estimate of drug-likeness (QED) is 0.210. The Morgan fingerprint density at radius 3 is 1.83 bits per heavy atom. The molecule has 0 amide bonds. The predicted molar refractivity (Wildman–Crippen MR) is 205 cm³/mol. The van der Waals surface area contributed by atoms with Crippen LogP contribution in [0.5, 0.6) is 0 Å². The molecular weight excluding hydrogens is 601 g/mol. The smallest absolute Gasteiger partial charge is 0.157 e. The Labute approximate surface area is 292 Å². The van der Waals surface area contributed by atoms with E-state index in [0.29, 0.717) is 29.5 Å². The van der Waals surface area contributed by atoms with Gasteiger partial charge in [0.05, 0.1) is 7.05 Å². The van der Waals surface area contributed by atoms with E-state index in [2.05, 4.69) is 126 Å². The number of fused-ring (bicyclic) bond motifs is 5. The Morgan fingerprint density at radius 1 is 0.708 bits per heavy atom. The molecule has 9 atom stereocenters. The zero-order chi connectivity index (χ0) is 33.5. The number of Topliss-reactive ketones (excluding diaryl/α,β-unsaturated/α-hetero) is 1. The van der Waals surface area contributed by atoms with Crippen molar-refractivity contribution in [2.45, 2.75) is 111 Å². The number of hydrogen-bond donors (Lipinski definition) is 0. The van der Waals surface area contributed by atoms with E-state index in [1.54, 1.807) is 0 Å². The maximum Gasteiger partial charge on any atom is 0.157 e. The maximum atomic E-state index is 14.3. The van der Waals surface area contributed by atoms with E-state index in [1.807, 2.05) is 0 Å². The first-order valence-electron chi connectivity index (χ1n) is 19.5. The molecule has 0 unspecified atom stereocenters. The predicted octanol–water partition coefficient (Wildman–Crippen LogP) is 10.8. The summed E-state index contributed by atoms with van der Waals surface area (Å²) in [5.41, 5.74) is 0.664. The fourth-order valence-corrected chi connectivity index (χ4v) is 15.7. The van der Waals surface area contributed by atoms with Crippen LogP contribution in [0.25, 0.3) is 0 Å². The zero-order valence-corrected chi connectivity index (χ0v) is 31.3. The first-order chi connectivity index (χ1) is 23.2. The number of benzene rings is 3. The third-order valence-corrected chi connectivity index (χ3v) is 18.2. The molecule has 4 aliphatic carbocycles. The highest BCUT2D eigenvalue weighted by atomic mass is 31.2. The van der Waals surface area contributed by atoms with Crippen LogP contribution in [-0.4, -0.2) is 11.8 Å². The number of hydrogen-bond acceptors (Lipinski definition) is 2. The summed E-state index contributed by atoms with van der Waals surface area (Å²) in [6, 6.07) is 32.5. The van der Waals surface area contributed by atoms with Crippen molar-refractivity contribution in [2.75, 3.05) is 0 Å². The summed E-state index contributed by atoms with van der Waals surface area (Å²) < 4.78 is 5.95. The molecule has 2 nitrogen and oxygen atoms in total. The summed E-state index contributed by atoms with van der Waals surface area (Å²) in [6.45, 7) is 12.7. The second kappa shape index (κ2) is 13.7. The molecule has 3 heteroatoms. The lowest BCUT2D eigenvalue weighted by atomic mass is 9.44. The molecule has 0 saturated heterocycles. The molecule has 0 spiro atoms. The van der Waals surface area contributed by atoms with Gasteiger partial charge in [0.1, 0.15) is 6.04 Å². The highest BCUT2D eigenvalue weighted by molar-refractivity contribution is 7.87. The minimum atomic E-state index is -2.43. The fourth-order valence-electron chi connectivity index (χ4n) is 12.0. The monoisotopic (exact) mass is 661 g/mol. The Kier molecular flexibility index (Phi) is 9.71. The number of nitrogens with zero attached hydrogens (tertiary/aromatic N) is 1. The molecule has 0 N–H and O–H groups in total. The minimum absolute atomic E-state index is 0.174. The van der Waals surface area contributed by atoms with Gasteiger partial charge < -0.3 is 0 Å². The van der Waals surface area contributed by atoms with E-state index in [4.69, 9.17) is 4.74 Å². The average molecular weight is 662 g/mol. The van der Waals surface area contributed by atoms with E-state index in [9.17, 15) is 4.79 Å². The van der Waals surface area contributed by atoms with Crippen LogP contribution in [-0.2, 0) is 4.79 Å². The number of ketones is 1. The van der Waals surface area contributed by atoms with Crippen molar-refractivity contribution in [1.82, 2.24) is 0 Å². The van der Waals surface area contributed by atoms with Crippen LogP contribution in [0.1, 0.15) is 105 Å². The zero-order valence-electron chi connectivity index (χ0n) is 30.4. The lowest BCUT2D eigenvalue weighted by Crippen LogP contribution is -2.56. The summed E-state index contributed by atoms with van der Waals surface area (Å²) in [5.74, 6) is 5.80. The summed E-state index contributed by atoms with van der Waals surface area (Å²) in [7, 11) is -2.43. The Morgan fingerprint density at radius 2 is 1.27 bits per heavy atom. The van der Waals surface area contributed by atoms with Gasteiger partial charge in [-0.05, 0) is 97.2 Å². The first-order valence-corrected chi connectivity index (χ1v) is 21.2. The molecule has 4 saturated carbocycles. The Balaban J connectivity index is 1.23. The molecule has 256 valence electrons. The summed E-state index contributed by atoms with van der Waals surface area (Å²) >= 11 is 0. The van der Waals surface area contributed by atoms with E-state index < -0.39 is 7.05 Å². The summed E-state index contributed by atoms with van der Waals surface area (Å²) in [6.07, 6.45) is 13.9. The molecule has 4 aliphatic rings. The van der Waals surface area contributed by atoms with Crippen LogP contribution in [0.15, 0.2) is 95.7 Å². The van der Waals surface area contributed by atoms with Gasteiger partial charge in [-0.3, -0.25) is 9.54 Å². The van der Waals surface area contributed by atoms with Gasteiger partial charge in [0.25, 0.3) is 0 Å². The standard InChI is InChI=1S/C45H60NOP/c1-32(2)16-15-17-33(3)39-26-27-40-38-25-24-34-30-43(47)42(31-45(34,5)41(38)28-29-44(39,40)4)46-48(35-18-9-6-10-19-35,36-20-11-7-12-21-36)37-22-13-8-14-23-37/h6-14,18-23,32-34,38-42H,15-17,24-31H2,1-5H3/t33-,34+,38+,39-,40+,41+,42-,44-,45+/m1/s1. The molecule has 0 aliphatic heterocycles. The molecule has 0 bridgehead atoms. The van der Waals surface area contributed by atoms with Crippen molar-refractivity contribution in [1.29, 1.82) is 0 Å². The number of rotatable bonds is 9. The highest BCUT2D eigenvalue weighted by Gasteiger charge is 2.61. The van der Waals surface area contributed by atoms with Gasteiger partial charge in [-0.2, -0.15) is 0 Å². The summed E-state index contributed by atoms with van der Waals surface area (Å²) in [4.78, 5) is 14.3. The van der Waals surface area contributed by atoms with Crippen LogP contribution >= 0.6 is 7.05 Å². The van der Waals surface area contributed by atoms with Gasteiger partial charge in [-0.15, -0.1) is 0 Å². The third kappa shape index (κ3) is 5.91. The van der Waals surface area contributed by atoms with E-state index >= 15 is 0 Å². The van der Waals surface area contributed by atoms with Crippen molar-refractivity contribution in [3.8, 4) is 0 Å². The van der Waals surface area contributed by atoms with Crippen LogP contribution in [0, 0.1) is 52.3 Å². The van der Waals surface area contributed by atoms with Gasteiger partial charge in [-0.1, -0.05) is 145 Å². The molecule has 3 aromatic carbocycles. The Hall–Kier alpha value is -2.44. The van der Waals surface area contributed by atoms with Gasteiger partial charge in [0, 0.05) is 22.3 Å². The fraction of sp³-hybridized carbons (Fsp3) is 0.578. The van der Waals surface area contributed by atoms with Crippen molar-refractivity contribution in [2.24, 2.45) is 57.0 Å². The molecule has 48 heavy (non-hydrogen) atoms. The third-order valence-electron chi connectivity index (χ3n) is 14.4. The SMILES string of the molecule is CC(C)CCC[C@@H](C)[C@H]1CC[C@H]2[C@@H]3CC[C@H]4CC(=O)[C@H](N=P(c5ccccc5)(c5ccccc5)c5ccccc5)C[C@]4(C)[C@H]3CC[C@]12C. The van der Waals surface area contributed by atoms with Crippen LogP contribution < -0.4 is 15.9 Å². The van der Waals surface area contributed by atoms with Gasteiger partial charge in [0.2, 0.25) is 0 Å². The van der Waals surface area contributed by atoms with E-state index in [-0.39, 0.29) is 11.5 Å². The molecular formula is C45H60NOP. The first kappa shape index (κ1) is 34.0. The summed E-state index contributed by atoms with van der Waals surface area (Å²) in [5, 5.41) is 3.74. The molecule has 0 aromatic heterocycles. The molecule has 0 radical (unpaired) electrons. The highest BCUT2D eigenvalue weighted by Crippen LogP contribution is 2.68. The maximum absolute atomic E-state index is 14.3. The molecule has 7 rings (SSSR count). The van der Waals surface area contributed by atoms with Crippen molar-refractivity contribution >= 4 is 28.8 Å². The largest absolute Gasteiger partial charge is 0.297 e. The van der Waals surface area contributed by atoms with Crippen LogP contribution in [0.3, 0.4) is 0 Å². The number of carbonyl (C=O) groups is 1. The van der Waals surface area contributed by atoms with Crippen molar-refractivity contribution < 1.29 is 4.79 Å². The molecule has 0 heterocycles. The minimum Gasteiger partial charge on any atom is -0.297 e. The lowest BCUT2D eigenvalue weighted by Gasteiger charge is -2.61. The van der Waals surface area contributed by atoms with Crippen LogP contribution in [0.2, 0.25) is 0 Å². The van der Waals surface area contributed by atoms with E-state index in [1.165, 1.54) is 73.7 Å². The van der Waals surface area contributed by atoms with Crippen molar-refractivity contribution in [3.05, 3.63) is 91.0 Å². The van der Waals surface area contributed by atoms with E-state index in [0.717, 1.165) is 36.0 Å². The lowest BCUT2D eigenvalue weighted by molar-refractivity contribution is -0.142. The van der Waals surface area contributed by atoms with Gasteiger partial charge >= 0.3 is 0 Å². The van der Waals surface area contributed by atoms with Gasteiger partial charge in [-0.25, -0.2) is 0 Å². The van der Waals surface area contributed by atoms with Crippen LogP contribution in [0.4, 0.5) is 0 Å². The second-order valence-electron chi connectivity index (χ2n) is 17.3. The second-order valence-corrected chi connectivity index (χ2v) is 20.4. The van der Waals surface area contributed by atoms with Gasteiger partial charge in [0.15, 0.2) is 5.78 Å². The normalized spacial score (nSPS) is 33.8. The van der Waals surface area contributed by atoms with Crippen molar-refractivity contribution in [3.63, 3.8) is 0 Å². The molecule has 4 fully saturated rings. The topological polar surface area (TPSA) is 29.4 Å². The average Bonchev–Trinajstić information content (AvgIpc) is 3.46. The molecule has 3 aromatic rings. The number of carbonyl (C=O) groups excluding carboxylic acids is 1. The Bertz CT molecular complexity index is 1500.